The quantitative estimate of drug-likeness (QED) is 0.757. The first-order chi connectivity index (χ1) is 6.50. The summed E-state index contributed by atoms with van der Waals surface area (Å²) >= 11 is 5.93. The number of nitrogens with zero attached hydrogens (tertiary/aromatic N) is 1. The molecule has 0 saturated carbocycles. The topological polar surface area (TPSA) is 50.9 Å². The van der Waals surface area contributed by atoms with E-state index in [1.54, 1.807) is 6.20 Å². The molecule has 1 aromatic heterocycles. The van der Waals surface area contributed by atoms with Gasteiger partial charge in [-0.3, -0.25) is 0 Å². The zero-order valence-corrected chi connectivity index (χ0v) is 9.47. The molecular formula is C10H16ClN3. The number of aryl methyl sites for hydroxylation is 1. The first-order valence-corrected chi connectivity index (χ1v) is 5.02. The fourth-order valence-electron chi connectivity index (χ4n) is 1.03. The van der Waals surface area contributed by atoms with Gasteiger partial charge in [0.25, 0.3) is 0 Å². The SMILES string of the molecule is Cc1cnc(Cl)c(NC(C)C(C)N)c1. The molecule has 2 unspecified atom stereocenters. The van der Waals surface area contributed by atoms with E-state index in [0.717, 1.165) is 11.3 Å². The van der Waals surface area contributed by atoms with Gasteiger partial charge in [-0.1, -0.05) is 11.6 Å². The molecular weight excluding hydrogens is 198 g/mol. The van der Waals surface area contributed by atoms with Crippen molar-refractivity contribution in [3.8, 4) is 0 Å². The third-order valence-electron chi connectivity index (χ3n) is 2.15. The first-order valence-electron chi connectivity index (χ1n) is 4.65. The number of hydrogen-bond donors (Lipinski definition) is 2. The van der Waals surface area contributed by atoms with Crippen LogP contribution in [0.5, 0.6) is 0 Å². The second kappa shape index (κ2) is 4.62. The van der Waals surface area contributed by atoms with Crippen molar-refractivity contribution in [1.82, 2.24) is 4.98 Å². The van der Waals surface area contributed by atoms with E-state index in [1.165, 1.54) is 0 Å². The molecule has 1 rings (SSSR count). The van der Waals surface area contributed by atoms with Crippen LogP contribution in [-0.4, -0.2) is 17.1 Å². The molecule has 0 saturated heterocycles. The minimum absolute atomic E-state index is 0.0755. The average Bonchev–Trinajstić information content (AvgIpc) is 2.11. The molecule has 0 spiro atoms. The lowest BCUT2D eigenvalue weighted by molar-refractivity contribution is 0.638. The maximum Gasteiger partial charge on any atom is 0.152 e. The number of halogens is 1. The number of pyridine rings is 1. The largest absolute Gasteiger partial charge is 0.379 e. The maximum absolute atomic E-state index is 5.93. The van der Waals surface area contributed by atoms with Crippen LogP contribution in [0.4, 0.5) is 5.69 Å². The Balaban J connectivity index is 2.80. The summed E-state index contributed by atoms with van der Waals surface area (Å²) in [6.45, 7) is 5.95. The van der Waals surface area contributed by atoms with E-state index < -0.39 is 0 Å². The van der Waals surface area contributed by atoms with Crippen molar-refractivity contribution in [3.63, 3.8) is 0 Å². The standard InChI is InChI=1S/C10H16ClN3/c1-6-4-9(10(11)13-5-6)14-8(3)7(2)12/h4-5,7-8,14H,12H2,1-3H3. The van der Waals surface area contributed by atoms with Crippen LogP contribution in [-0.2, 0) is 0 Å². The third kappa shape index (κ3) is 2.86. The van der Waals surface area contributed by atoms with Crippen molar-refractivity contribution >= 4 is 17.3 Å². The number of rotatable bonds is 3. The zero-order valence-electron chi connectivity index (χ0n) is 8.71. The van der Waals surface area contributed by atoms with Crippen LogP contribution in [0, 0.1) is 6.92 Å². The highest BCUT2D eigenvalue weighted by molar-refractivity contribution is 6.31. The second-order valence-corrected chi connectivity index (χ2v) is 4.00. The molecule has 1 aromatic rings. The summed E-state index contributed by atoms with van der Waals surface area (Å²) in [4.78, 5) is 4.05. The van der Waals surface area contributed by atoms with Crippen LogP contribution < -0.4 is 11.1 Å². The van der Waals surface area contributed by atoms with E-state index in [0.29, 0.717) is 5.15 Å². The molecule has 1 heterocycles. The minimum Gasteiger partial charge on any atom is -0.379 e. The van der Waals surface area contributed by atoms with E-state index in [4.69, 9.17) is 17.3 Å². The van der Waals surface area contributed by atoms with Crippen LogP contribution in [0.15, 0.2) is 12.3 Å². The van der Waals surface area contributed by atoms with Crippen molar-refractivity contribution in [2.45, 2.75) is 32.9 Å². The Morgan fingerprint density at radius 2 is 2.14 bits per heavy atom. The summed E-state index contributed by atoms with van der Waals surface area (Å²) in [5, 5.41) is 3.72. The smallest absolute Gasteiger partial charge is 0.152 e. The van der Waals surface area contributed by atoms with Gasteiger partial charge >= 0.3 is 0 Å². The van der Waals surface area contributed by atoms with Crippen LogP contribution >= 0.6 is 11.6 Å². The Labute approximate surface area is 89.7 Å². The van der Waals surface area contributed by atoms with Gasteiger partial charge in [0, 0.05) is 18.3 Å². The normalized spacial score (nSPS) is 14.9. The van der Waals surface area contributed by atoms with E-state index in [-0.39, 0.29) is 12.1 Å². The fraction of sp³-hybridized carbons (Fsp3) is 0.500. The van der Waals surface area contributed by atoms with Crippen molar-refractivity contribution in [2.24, 2.45) is 5.73 Å². The molecule has 0 bridgehead atoms. The van der Waals surface area contributed by atoms with Crippen molar-refractivity contribution in [2.75, 3.05) is 5.32 Å². The third-order valence-corrected chi connectivity index (χ3v) is 2.45. The number of nitrogens with one attached hydrogen (secondary N) is 1. The Morgan fingerprint density at radius 1 is 1.50 bits per heavy atom. The minimum atomic E-state index is 0.0755. The number of hydrogen-bond acceptors (Lipinski definition) is 3. The number of anilines is 1. The monoisotopic (exact) mass is 213 g/mol. The summed E-state index contributed by atoms with van der Waals surface area (Å²) in [6, 6.07) is 2.22. The zero-order chi connectivity index (χ0) is 10.7. The number of aromatic nitrogens is 1. The molecule has 14 heavy (non-hydrogen) atoms. The number of nitrogens with two attached hydrogens (primary N) is 1. The molecule has 2 atom stereocenters. The highest BCUT2D eigenvalue weighted by Gasteiger charge is 2.09. The molecule has 3 nitrogen and oxygen atoms in total. The van der Waals surface area contributed by atoms with Crippen molar-refractivity contribution in [3.05, 3.63) is 23.0 Å². The summed E-state index contributed by atoms with van der Waals surface area (Å²) < 4.78 is 0. The van der Waals surface area contributed by atoms with Crippen LogP contribution in [0.2, 0.25) is 5.15 Å². The Morgan fingerprint density at radius 3 is 2.71 bits per heavy atom. The predicted octanol–water partition coefficient (Wildman–Crippen LogP) is 2.19. The van der Waals surface area contributed by atoms with Crippen LogP contribution in [0.1, 0.15) is 19.4 Å². The van der Waals surface area contributed by atoms with E-state index in [9.17, 15) is 0 Å². The van der Waals surface area contributed by atoms with Crippen LogP contribution in [0.25, 0.3) is 0 Å². The van der Waals surface area contributed by atoms with Gasteiger partial charge in [-0.15, -0.1) is 0 Å². The molecule has 0 aliphatic heterocycles. The van der Waals surface area contributed by atoms with Gasteiger partial charge in [-0.2, -0.15) is 0 Å². The lowest BCUT2D eigenvalue weighted by atomic mass is 10.2. The Hall–Kier alpha value is -0.800. The molecule has 0 fully saturated rings. The first kappa shape index (κ1) is 11.3. The predicted molar refractivity (Wildman–Crippen MR) is 60.7 cm³/mol. The average molecular weight is 214 g/mol. The molecule has 0 radical (unpaired) electrons. The van der Waals surface area contributed by atoms with Crippen molar-refractivity contribution in [1.29, 1.82) is 0 Å². The summed E-state index contributed by atoms with van der Waals surface area (Å²) in [5.74, 6) is 0. The molecule has 4 heteroatoms. The highest BCUT2D eigenvalue weighted by atomic mass is 35.5. The summed E-state index contributed by atoms with van der Waals surface area (Å²) in [6.07, 6.45) is 1.74. The summed E-state index contributed by atoms with van der Waals surface area (Å²) in [7, 11) is 0. The van der Waals surface area contributed by atoms with Crippen molar-refractivity contribution < 1.29 is 0 Å². The van der Waals surface area contributed by atoms with E-state index in [1.807, 2.05) is 26.8 Å². The second-order valence-electron chi connectivity index (χ2n) is 3.64. The van der Waals surface area contributed by atoms with Gasteiger partial charge in [-0.25, -0.2) is 4.98 Å². The fourth-order valence-corrected chi connectivity index (χ4v) is 1.19. The molecule has 0 aromatic carbocycles. The molecule has 0 aliphatic rings. The summed E-state index contributed by atoms with van der Waals surface area (Å²) in [5.41, 5.74) is 7.67. The molecule has 0 aliphatic carbocycles. The molecule has 0 amide bonds. The maximum atomic E-state index is 5.93. The Bertz CT molecular complexity index is 312. The van der Waals surface area contributed by atoms with Crippen LogP contribution in [0.3, 0.4) is 0 Å². The van der Waals surface area contributed by atoms with Gasteiger partial charge in [0.15, 0.2) is 5.15 Å². The van der Waals surface area contributed by atoms with E-state index in [2.05, 4.69) is 10.3 Å². The highest BCUT2D eigenvalue weighted by Crippen LogP contribution is 2.20. The molecule has 3 N–H and O–H groups in total. The van der Waals surface area contributed by atoms with E-state index >= 15 is 0 Å². The van der Waals surface area contributed by atoms with Gasteiger partial charge < -0.3 is 11.1 Å². The van der Waals surface area contributed by atoms with Gasteiger partial charge in [-0.05, 0) is 32.4 Å². The van der Waals surface area contributed by atoms with Gasteiger partial charge in [0.2, 0.25) is 0 Å². The molecule has 78 valence electrons. The van der Waals surface area contributed by atoms with Gasteiger partial charge in [0.1, 0.15) is 0 Å². The lowest BCUT2D eigenvalue weighted by Gasteiger charge is -2.19. The lowest BCUT2D eigenvalue weighted by Crippen LogP contribution is -2.35. The Kier molecular flexibility index (Phi) is 3.72. The van der Waals surface area contributed by atoms with Gasteiger partial charge in [0.05, 0.1) is 5.69 Å².